The highest BCUT2D eigenvalue weighted by molar-refractivity contribution is 9.10. The molecule has 0 bridgehead atoms. The van der Waals surface area contributed by atoms with Crippen LogP contribution in [0.25, 0.3) is 0 Å². The van der Waals surface area contributed by atoms with Crippen molar-refractivity contribution < 1.29 is 9.53 Å². The number of nitrogens with one attached hydrogen (secondary N) is 1. The number of amides is 1. The molecule has 2 aromatic carbocycles. The third-order valence-electron chi connectivity index (χ3n) is 2.95. The van der Waals surface area contributed by atoms with Crippen LogP contribution in [0.15, 0.2) is 46.9 Å². The Labute approximate surface area is 133 Å². The second-order valence-corrected chi connectivity index (χ2v) is 5.85. The zero-order valence-electron chi connectivity index (χ0n) is 12.2. The molecule has 0 aliphatic heterocycles. The number of carbonyl (C=O) groups excluding carboxylic acids is 1. The van der Waals surface area contributed by atoms with Crippen molar-refractivity contribution in [3.8, 4) is 5.75 Å². The molecule has 2 rings (SSSR count). The minimum atomic E-state index is -0.0905. The number of hydrogen-bond donors (Lipinski definition) is 1. The van der Waals surface area contributed by atoms with Gasteiger partial charge in [-0.3, -0.25) is 4.79 Å². The maximum absolute atomic E-state index is 12.0. The number of carbonyl (C=O) groups is 1. The first-order valence-electron chi connectivity index (χ1n) is 6.79. The molecule has 0 fully saturated rings. The van der Waals surface area contributed by atoms with Gasteiger partial charge in [-0.25, -0.2) is 0 Å². The zero-order chi connectivity index (χ0) is 15.2. The Hall–Kier alpha value is -1.81. The van der Waals surface area contributed by atoms with Gasteiger partial charge in [0.2, 0.25) is 0 Å². The molecule has 0 saturated carbocycles. The molecule has 4 heteroatoms. The topological polar surface area (TPSA) is 38.3 Å². The summed E-state index contributed by atoms with van der Waals surface area (Å²) in [5.41, 5.74) is 2.85. The number of halogens is 1. The standard InChI is InChI=1S/C17H18BrNO2/c1-12-4-3-5-16(10-12)21-7-6-19-17(20)14-8-13(2)9-15(18)11-14/h3-5,8-11H,6-7H2,1-2H3,(H,19,20). The molecule has 0 saturated heterocycles. The normalized spacial score (nSPS) is 10.2. The van der Waals surface area contributed by atoms with Crippen LogP contribution in [-0.2, 0) is 0 Å². The average molecular weight is 348 g/mol. The van der Waals surface area contributed by atoms with E-state index >= 15 is 0 Å². The van der Waals surface area contributed by atoms with Gasteiger partial charge in [0, 0.05) is 10.0 Å². The van der Waals surface area contributed by atoms with Crippen LogP contribution in [0.3, 0.4) is 0 Å². The van der Waals surface area contributed by atoms with E-state index in [-0.39, 0.29) is 5.91 Å². The van der Waals surface area contributed by atoms with Gasteiger partial charge in [-0.15, -0.1) is 0 Å². The molecular formula is C17H18BrNO2. The number of rotatable bonds is 5. The van der Waals surface area contributed by atoms with Crippen LogP contribution in [-0.4, -0.2) is 19.1 Å². The molecule has 21 heavy (non-hydrogen) atoms. The van der Waals surface area contributed by atoms with E-state index in [1.165, 1.54) is 0 Å². The highest BCUT2D eigenvalue weighted by Gasteiger charge is 2.06. The van der Waals surface area contributed by atoms with Crippen LogP contribution in [0.4, 0.5) is 0 Å². The Kier molecular flexibility index (Phi) is 5.39. The Balaban J connectivity index is 1.82. The van der Waals surface area contributed by atoms with Gasteiger partial charge in [0.25, 0.3) is 5.91 Å². The zero-order valence-corrected chi connectivity index (χ0v) is 13.7. The fraction of sp³-hybridized carbons (Fsp3) is 0.235. The van der Waals surface area contributed by atoms with Gasteiger partial charge in [0.15, 0.2) is 0 Å². The van der Waals surface area contributed by atoms with E-state index < -0.39 is 0 Å². The molecule has 0 atom stereocenters. The molecule has 1 amide bonds. The molecule has 0 aliphatic rings. The third-order valence-corrected chi connectivity index (χ3v) is 3.41. The number of hydrogen-bond acceptors (Lipinski definition) is 2. The maximum atomic E-state index is 12.0. The Morgan fingerprint density at radius 2 is 1.95 bits per heavy atom. The summed E-state index contributed by atoms with van der Waals surface area (Å²) >= 11 is 3.40. The van der Waals surface area contributed by atoms with Crippen molar-refractivity contribution in [3.63, 3.8) is 0 Å². The molecule has 3 nitrogen and oxygen atoms in total. The van der Waals surface area contributed by atoms with Crippen LogP contribution < -0.4 is 10.1 Å². The smallest absolute Gasteiger partial charge is 0.251 e. The molecule has 0 heterocycles. The summed E-state index contributed by atoms with van der Waals surface area (Å²) in [5.74, 6) is 0.731. The van der Waals surface area contributed by atoms with Crippen molar-refractivity contribution in [2.24, 2.45) is 0 Å². The Morgan fingerprint density at radius 1 is 1.14 bits per heavy atom. The molecule has 0 radical (unpaired) electrons. The predicted molar refractivity (Wildman–Crippen MR) is 87.9 cm³/mol. The van der Waals surface area contributed by atoms with E-state index in [0.29, 0.717) is 18.7 Å². The first-order valence-corrected chi connectivity index (χ1v) is 7.59. The monoisotopic (exact) mass is 347 g/mol. The quantitative estimate of drug-likeness (QED) is 0.833. The summed E-state index contributed by atoms with van der Waals surface area (Å²) in [5, 5.41) is 2.85. The number of aryl methyl sites for hydroxylation is 2. The van der Waals surface area contributed by atoms with Gasteiger partial charge in [0.1, 0.15) is 12.4 Å². The van der Waals surface area contributed by atoms with Crippen molar-refractivity contribution in [3.05, 3.63) is 63.6 Å². The van der Waals surface area contributed by atoms with Crippen molar-refractivity contribution in [1.82, 2.24) is 5.32 Å². The number of ether oxygens (including phenoxy) is 1. The van der Waals surface area contributed by atoms with Gasteiger partial charge in [-0.05, 0) is 55.3 Å². The lowest BCUT2D eigenvalue weighted by Crippen LogP contribution is -2.28. The highest BCUT2D eigenvalue weighted by Crippen LogP contribution is 2.15. The molecule has 1 N–H and O–H groups in total. The lowest BCUT2D eigenvalue weighted by molar-refractivity contribution is 0.0947. The number of benzene rings is 2. The Morgan fingerprint density at radius 3 is 2.67 bits per heavy atom. The van der Waals surface area contributed by atoms with Gasteiger partial charge >= 0.3 is 0 Å². The van der Waals surface area contributed by atoms with Gasteiger partial charge in [-0.1, -0.05) is 28.1 Å². The second kappa shape index (κ2) is 7.27. The predicted octanol–water partition coefficient (Wildman–Crippen LogP) is 3.87. The minimum Gasteiger partial charge on any atom is -0.492 e. The lowest BCUT2D eigenvalue weighted by Gasteiger charge is -2.09. The summed E-state index contributed by atoms with van der Waals surface area (Å²) in [6.45, 7) is 4.90. The molecular weight excluding hydrogens is 330 g/mol. The van der Waals surface area contributed by atoms with Gasteiger partial charge in [0.05, 0.1) is 6.54 Å². The van der Waals surface area contributed by atoms with Crippen molar-refractivity contribution in [2.75, 3.05) is 13.2 Å². The highest BCUT2D eigenvalue weighted by atomic mass is 79.9. The average Bonchev–Trinajstić information content (AvgIpc) is 2.42. The van der Waals surface area contributed by atoms with E-state index in [4.69, 9.17) is 4.74 Å². The van der Waals surface area contributed by atoms with Crippen LogP contribution in [0.1, 0.15) is 21.5 Å². The van der Waals surface area contributed by atoms with Crippen LogP contribution in [0.2, 0.25) is 0 Å². The SMILES string of the molecule is Cc1cccc(OCCNC(=O)c2cc(C)cc(Br)c2)c1. The van der Waals surface area contributed by atoms with Gasteiger partial charge < -0.3 is 10.1 Å². The van der Waals surface area contributed by atoms with Crippen LogP contribution in [0.5, 0.6) is 5.75 Å². The summed E-state index contributed by atoms with van der Waals surface area (Å²) in [7, 11) is 0. The summed E-state index contributed by atoms with van der Waals surface area (Å²) in [4.78, 5) is 12.0. The fourth-order valence-electron chi connectivity index (χ4n) is 2.01. The first-order chi connectivity index (χ1) is 10.0. The molecule has 0 aliphatic carbocycles. The van der Waals surface area contributed by atoms with E-state index in [1.54, 1.807) is 0 Å². The molecule has 0 unspecified atom stereocenters. The van der Waals surface area contributed by atoms with Gasteiger partial charge in [-0.2, -0.15) is 0 Å². The van der Waals surface area contributed by atoms with Crippen LogP contribution in [0, 0.1) is 13.8 Å². The molecule has 110 valence electrons. The maximum Gasteiger partial charge on any atom is 0.251 e. The largest absolute Gasteiger partial charge is 0.492 e. The van der Waals surface area contributed by atoms with Crippen molar-refractivity contribution in [1.29, 1.82) is 0 Å². The van der Waals surface area contributed by atoms with Crippen molar-refractivity contribution >= 4 is 21.8 Å². The summed E-state index contributed by atoms with van der Waals surface area (Å²) in [6.07, 6.45) is 0. The molecule has 0 spiro atoms. The first kappa shape index (κ1) is 15.6. The second-order valence-electron chi connectivity index (χ2n) is 4.94. The third kappa shape index (κ3) is 4.90. The van der Waals surface area contributed by atoms with E-state index in [0.717, 1.165) is 21.3 Å². The van der Waals surface area contributed by atoms with E-state index in [2.05, 4.69) is 21.2 Å². The molecule has 0 aromatic heterocycles. The molecule has 2 aromatic rings. The van der Waals surface area contributed by atoms with Crippen LogP contribution >= 0.6 is 15.9 Å². The Bertz CT molecular complexity index is 620. The minimum absolute atomic E-state index is 0.0905. The summed E-state index contributed by atoms with van der Waals surface area (Å²) in [6, 6.07) is 13.5. The van der Waals surface area contributed by atoms with E-state index in [9.17, 15) is 4.79 Å². The van der Waals surface area contributed by atoms with Crippen molar-refractivity contribution in [2.45, 2.75) is 13.8 Å². The fourth-order valence-corrected chi connectivity index (χ4v) is 2.62. The van der Waals surface area contributed by atoms with E-state index in [1.807, 2.05) is 56.3 Å². The summed E-state index contributed by atoms with van der Waals surface area (Å²) < 4.78 is 6.50. The lowest BCUT2D eigenvalue weighted by atomic mass is 10.1.